The van der Waals surface area contributed by atoms with Crippen molar-refractivity contribution in [1.82, 2.24) is 4.90 Å². The minimum atomic E-state index is 0.223. The fraction of sp³-hybridized carbons (Fsp3) is 0.500. The van der Waals surface area contributed by atoms with Crippen LogP contribution < -0.4 is 5.73 Å². The Morgan fingerprint density at radius 2 is 2.17 bits per heavy atom. The first-order chi connectivity index (χ1) is 8.68. The van der Waals surface area contributed by atoms with E-state index in [4.69, 9.17) is 10.5 Å². The zero-order valence-electron chi connectivity index (χ0n) is 11.0. The van der Waals surface area contributed by atoms with Gasteiger partial charge in [-0.3, -0.25) is 0 Å². The average molecular weight is 247 g/mol. The first-order valence-corrected chi connectivity index (χ1v) is 6.37. The van der Waals surface area contributed by atoms with Crippen LogP contribution in [0.4, 0.5) is 0 Å². The standard InChI is InChI=1S/C14H21N3O/c1-11-13(8-9-18-11)17(2)14(15)16-10-12-6-4-3-5-7-12/h3-7,11,13H,8-10H2,1-2H3,(H2,15,16). The maximum atomic E-state index is 6.03. The Labute approximate surface area is 108 Å². The normalized spacial score (nSPS) is 24.2. The molecule has 4 heteroatoms. The third-order valence-corrected chi connectivity index (χ3v) is 3.46. The zero-order valence-corrected chi connectivity index (χ0v) is 11.0. The van der Waals surface area contributed by atoms with Gasteiger partial charge in [0, 0.05) is 13.7 Å². The molecule has 98 valence electrons. The molecule has 0 bridgehead atoms. The fourth-order valence-electron chi connectivity index (χ4n) is 2.27. The van der Waals surface area contributed by atoms with E-state index >= 15 is 0 Å². The van der Waals surface area contributed by atoms with Crippen molar-refractivity contribution in [3.05, 3.63) is 35.9 Å². The summed E-state index contributed by atoms with van der Waals surface area (Å²) in [5.41, 5.74) is 7.20. The Morgan fingerprint density at radius 3 is 2.78 bits per heavy atom. The van der Waals surface area contributed by atoms with Crippen molar-refractivity contribution in [2.75, 3.05) is 13.7 Å². The summed E-state index contributed by atoms with van der Waals surface area (Å²) >= 11 is 0. The second-order valence-electron chi connectivity index (χ2n) is 4.70. The molecule has 1 aromatic rings. The highest BCUT2D eigenvalue weighted by molar-refractivity contribution is 5.78. The molecule has 2 N–H and O–H groups in total. The summed E-state index contributed by atoms with van der Waals surface area (Å²) in [7, 11) is 1.99. The number of nitrogens with zero attached hydrogens (tertiary/aromatic N) is 2. The van der Waals surface area contributed by atoms with Crippen molar-refractivity contribution < 1.29 is 4.74 Å². The molecule has 0 amide bonds. The number of nitrogens with two attached hydrogens (primary N) is 1. The van der Waals surface area contributed by atoms with Crippen LogP contribution in [0.15, 0.2) is 35.3 Å². The maximum Gasteiger partial charge on any atom is 0.191 e. The molecule has 1 saturated heterocycles. The topological polar surface area (TPSA) is 50.9 Å². The summed E-state index contributed by atoms with van der Waals surface area (Å²) < 4.78 is 5.55. The van der Waals surface area contributed by atoms with E-state index in [-0.39, 0.29) is 6.10 Å². The van der Waals surface area contributed by atoms with Gasteiger partial charge in [0.15, 0.2) is 5.96 Å². The van der Waals surface area contributed by atoms with E-state index in [9.17, 15) is 0 Å². The molecule has 0 aromatic heterocycles. The zero-order chi connectivity index (χ0) is 13.0. The molecule has 1 fully saturated rings. The van der Waals surface area contributed by atoms with E-state index in [1.807, 2.05) is 30.1 Å². The van der Waals surface area contributed by atoms with Crippen molar-refractivity contribution in [3.63, 3.8) is 0 Å². The van der Waals surface area contributed by atoms with Gasteiger partial charge in [0.05, 0.1) is 18.7 Å². The number of hydrogen-bond acceptors (Lipinski definition) is 2. The van der Waals surface area contributed by atoms with Gasteiger partial charge in [-0.05, 0) is 18.9 Å². The van der Waals surface area contributed by atoms with Gasteiger partial charge in [-0.2, -0.15) is 0 Å². The van der Waals surface area contributed by atoms with Crippen molar-refractivity contribution >= 4 is 5.96 Å². The van der Waals surface area contributed by atoms with Crippen LogP contribution in [0.5, 0.6) is 0 Å². The number of aliphatic imine (C=N–C) groups is 1. The van der Waals surface area contributed by atoms with Crippen LogP contribution in [-0.2, 0) is 11.3 Å². The van der Waals surface area contributed by atoms with Gasteiger partial charge in [-0.25, -0.2) is 4.99 Å². The van der Waals surface area contributed by atoms with Gasteiger partial charge < -0.3 is 15.4 Å². The lowest BCUT2D eigenvalue weighted by Gasteiger charge is -2.27. The summed E-state index contributed by atoms with van der Waals surface area (Å²) in [6.45, 7) is 3.51. The molecule has 0 saturated carbocycles. The van der Waals surface area contributed by atoms with Crippen LogP contribution in [0.2, 0.25) is 0 Å². The van der Waals surface area contributed by atoms with Gasteiger partial charge in [0.2, 0.25) is 0 Å². The Balaban J connectivity index is 1.95. The van der Waals surface area contributed by atoms with E-state index in [0.29, 0.717) is 18.5 Å². The third-order valence-electron chi connectivity index (χ3n) is 3.46. The Kier molecular flexibility index (Phi) is 4.20. The molecular formula is C14H21N3O. The second kappa shape index (κ2) is 5.87. The molecule has 1 aromatic carbocycles. The number of guanidine groups is 1. The van der Waals surface area contributed by atoms with E-state index in [1.54, 1.807) is 0 Å². The van der Waals surface area contributed by atoms with Gasteiger partial charge in [0.1, 0.15) is 0 Å². The first kappa shape index (κ1) is 12.9. The lowest BCUT2D eigenvalue weighted by molar-refractivity contribution is 0.0996. The average Bonchev–Trinajstić information content (AvgIpc) is 2.82. The Hall–Kier alpha value is -1.55. The number of rotatable bonds is 3. The minimum Gasteiger partial charge on any atom is -0.376 e. The smallest absolute Gasteiger partial charge is 0.191 e. The van der Waals surface area contributed by atoms with E-state index in [1.165, 1.54) is 5.56 Å². The number of likely N-dealkylation sites (N-methyl/N-ethyl adjacent to an activating group) is 1. The Morgan fingerprint density at radius 1 is 1.44 bits per heavy atom. The Bertz CT molecular complexity index is 405. The highest BCUT2D eigenvalue weighted by atomic mass is 16.5. The van der Waals surface area contributed by atoms with Gasteiger partial charge in [-0.15, -0.1) is 0 Å². The largest absolute Gasteiger partial charge is 0.376 e. The molecular weight excluding hydrogens is 226 g/mol. The fourth-order valence-corrected chi connectivity index (χ4v) is 2.27. The monoisotopic (exact) mass is 247 g/mol. The lowest BCUT2D eigenvalue weighted by Crippen LogP contribution is -2.45. The van der Waals surface area contributed by atoms with Crippen LogP contribution in [-0.4, -0.2) is 36.7 Å². The van der Waals surface area contributed by atoms with Crippen molar-refractivity contribution in [1.29, 1.82) is 0 Å². The van der Waals surface area contributed by atoms with E-state index in [2.05, 4.69) is 24.0 Å². The summed E-state index contributed by atoms with van der Waals surface area (Å²) in [6.07, 6.45) is 1.24. The summed E-state index contributed by atoms with van der Waals surface area (Å²) in [5.74, 6) is 0.584. The van der Waals surface area contributed by atoms with Crippen molar-refractivity contribution in [2.45, 2.75) is 32.0 Å². The molecule has 0 radical (unpaired) electrons. The summed E-state index contributed by atoms with van der Waals surface area (Å²) in [5, 5.41) is 0. The molecule has 1 aliphatic heterocycles. The van der Waals surface area contributed by atoms with Crippen LogP contribution in [0.25, 0.3) is 0 Å². The van der Waals surface area contributed by atoms with Crippen LogP contribution >= 0.6 is 0 Å². The highest BCUT2D eigenvalue weighted by Crippen LogP contribution is 2.17. The number of ether oxygens (including phenoxy) is 1. The van der Waals surface area contributed by atoms with Gasteiger partial charge in [-0.1, -0.05) is 30.3 Å². The van der Waals surface area contributed by atoms with Crippen molar-refractivity contribution in [2.24, 2.45) is 10.7 Å². The van der Waals surface area contributed by atoms with Crippen LogP contribution in [0.3, 0.4) is 0 Å². The SMILES string of the molecule is CC1OCCC1N(C)C(N)=NCc1ccccc1. The van der Waals surface area contributed by atoms with Crippen molar-refractivity contribution in [3.8, 4) is 0 Å². The quantitative estimate of drug-likeness (QED) is 0.652. The molecule has 18 heavy (non-hydrogen) atoms. The molecule has 0 spiro atoms. The van der Waals surface area contributed by atoms with Crippen LogP contribution in [0, 0.1) is 0 Å². The summed E-state index contributed by atoms with van der Waals surface area (Å²) in [4.78, 5) is 6.47. The summed E-state index contributed by atoms with van der Waals surface area (Å²) in [6, 6.07) is 10.5. The molecule has 2 unspecified atom stereocenters. The molecule has 2 rings (SSSR count). The lowest BCUT2D eigenvalue weighted by atomic mass is 10.1. The number of hydrogen-bond donors (Lipinski definition) is 1. The highest BCUT2D eigenvalue weighted by Gasteiger charge is 2.28. The third kappa shape index (κ3) is 3.01. The molecule has 4 nitrogen and oxygen atoms in total. The molecule has 1 aliphatic rings. The predicted molar refractivity (Wildman–Crippen MR) is 73.4 cm³/mol. The second-order valence-corrected chi connectivity index (χ2v) is 4.70. The molecule has 2 atom stereocenters. The molecule has 1 heterocycles. The van der Waals surface area contributed by atoms with E-state index in [0.717, 1.165) is 13.0 Å². The predicted octanol–water partition coefficient (Wildman–Crippen LogP) is 1.61. The minimum absolute atomic E-state index is 0.223. The number of benzene rings is 1. The van der Waals surface area contributed by atoms with Gasteiger partial charge in [0.25, 0.3) is 0 Å². The van der Waals surface area contributed by atoms with Gasteiger partial charge >= 0.3 is 0 Å². The van der Waals surface area contributed by atoms with Crippen LogP contribution in [0.1, 0.15) is 18.9 Å². The first-order valence-electron chi connectivity index (χ1n) is 6.37. The molecule has 0 aliphatic carbocycles. The maximum absolute atomic E-state index is 6.03. The van der Waals surface area contributed by atoms with E-state index < -0.39 is 0 Å².